The molecule has 0 radical (unpaired) electrons. The monoisotopic (exact) mass is 243 g/mol. The van der Waals surface area contributed by atoms with E-state index in [-0.39, 0.29) is 0 Å². The summed E-state index contributed by atoms with van der Waals surface area (Å²) in [4.78, 5) is 13.7. The second-order valence-corrected chi connectivity index (χ2v) is 3.12. The van der Waals surface area contributed by atoms with Crippen molar-refractivity contribution in [2.45, 2.75) is 0 Å². The number of hydrogen-bond donors (Lipinski definition) is 0. The molecule has 0 fully saturated rings. The quantitative estimate of drug-likeness (QED) is 0.397. The number of hydrogen-bond acceptors (Lipinski definition) is 2. The fourth-order valence-electron chi connectivity index (χ4n) is 0.616. The topological polar surface area (TPSA) is 30.0 Å². The second-order valence-electron chi connectivity index (χ2n) is 1.87. The standard InChI is InChI=1S/C8H3BrClNO/c9-7-5-11-8(10)4-6(7)2-1-3-12/h3-5H. The SMILES string of the molecule is O=CC#Cc1cc(Cl)ncc1Br. The number of aromatic nitrogens is 1. The minimum atomic E-state index is 0.355. The molecule has 0 saturated heterocycles. The van der Waals surface area contributed by atoms with Gasteiger partial charge in [0.1, 0.15) is 5.15 Å². The maximum absolute atomic E-state index is 9.94. The molecule has 0 aliphatic heterocycles. The van der Waals surface area contributed by atoms with E-state index >= 15 is 0 Å². The largest absolute Gasteiger partial charge is 0.289 e. The molecule has 0 bridgehead atoms. The van der Waals surface area contributed by atoms with Gasteiger partial charge in [-0.15, -0.1) is 0 Å². The van der Waals surface area contributed by atoms with Gasteiger partial charge in [0.05, 0.1) is 4.47 Å². The minimum absolute atomic E-state index is 0.355. The summed E-state index contributed by atoms with van der Waals surface area (Å²) in [7, 11) is 0. The molecule has 0 aliphatic carbocycles. The average molecular weight is 244 g/mol. The molecule has 1 rings (SSSR count). The Balaban J connectivity index is 3.13. The predicted molar refractivity (Wildman–Crippen MR) is 49.9 cm³/mol. The first-order valence-electron chi connectivity index (χ1n) is 3.00. The smallest absolute Gasteiger partial charge is 0.193 e. The molecule has 0 spiro atoms. The Morgan fingerprint density at radius 2 is 2.42 bits per heavy atom. The lowest BCUT2D eigenvalue weighted by molar-refractivity contribution is -0.103. The zero-order valence-electron chi connectivity index (χ0n) is 5.84. The van der Waals surface area contributed by atoms with Gasteiger partial charge in [-0.05, 0) is 27.9 Å². The summed E-state index contributed by atoms with van der Waals surface area (Å²) >= 11 is 8.83. The van der Waals surface area contributed by atoms with Crippen molar-refractivity contribution in [1.82, 2.24) is 4.98 Å². The van der Waals surface area contributed by atoms with Crippen LogP contribution in [-0.2, 0) is 4.79 Å². The fraction of sp³-hybridized carbons (Fsp3) is 0. The Hall–Kier alpha value is -0.850. The summed E-state index contributed by atoms with van der Waals surface area (Å²) in [5.74, 6) is 4.90. The Labute approximate surface area is 83.1 Å². The molecule has 0 N–H and O–H groups in total. The number of nitrogens with zero attached hydrogens (tertiary/aromatic N) is 1. The van der Waals surface area contributed by atoms with Gasteiger partial charge in [-0.2, -0.15) is 0 Å². The van der Waals surface area contributed by atoms with Crippen LogP contribution in [0.15, 0.2) is 16.7 Å². The van der Waals surface area contributed by atoms with Crippen molar-refractivity contribution in [1.29, 1.82) is 0 Å². The zero-order chi connectivity index (χ0) is 8.97. The van der Waals surface area contributed by atoms with Crippen molar-refractivity contribution in [3.05, 3.63) is 27.5 Å². The van der Waals surface area contributed by atoms with Gasteiger partial charge < -0.3 is 0 Å². The van der Waals surface area contributed by atoms with Gasteiger partial charge in [0, 0.05) is 11.8 Å². The molecule has 2 nitrogen and oxygen atoms in total. The maximum Gasteiger partial charge on any atom is 0.193 e. The normalized spacial score (nSPS) is 8.50. The lowest BCUT2D eigenvalue weighted by Crippen LogP contribution is -1.81. The lowest BCUT2D eigenvalue weighted by Gasteiger charge is -1.94. The lowest BCUT2D eigenvalue weighted by atomic mass is 10.3. The molecular formula is C8H3BrClNO. The van der Waals surface area contributed by atoms with E-state index in [4.69, 9.17) is 11.6 Å². The molecule has 1 heterocycles. The first-order chi connectivity index (χ1) is 5.74. The van der Waals surface area contributed by atoms with Crippen LogP contribution < -0.4 is 0 Å². The molecule has 0 aliphatic rings. The molecule has 0 amide bonds. The molecule has 0 atom stereocenters. The molecule has 1 aromatic rings. The van der Waals surface area contributed by atoms with Gasteiger partial charge in [0.15, 0.2) is 6.29 Å². The van der Waals surface area contributed by atoms with Crippen molar-refractivity contribution < 1.29 is 4.79 Å². The Bertz CT molecular complexity index is 367. The van der Waals surface area contributed by atoms with Gasteiger partial charge in [0.2, 0.25) is 0 Å². The first kappa shape index (κ1) is 9.24. The van der Waals surface area contributed by atoms with Crippen LogP contribution in [-0.4, -0.2) is 11.3 Å². The van der Waals surface area contributed by atoms with E-state index in [9.17, 15) is 4.79 Å². The fourth-order valence-corrected chi connectivity index (χ4v) is 1.09. The van der Waals surface area contributed by atoms with E-state index in [1.54, 1.807) is 6.07 Å². The highest BCUT2D eigenvalue weighted by atomic mass is 79.9. The molecule has 0 saturated carbocycles. The number of aldehydes is 1. The highest BCUT2D eigenvalue weighted by Crippen LogP contribution is 2.17. The van der Waals surface area contributed by atoms with Crippen LogP contribution in [0.4, 0.5) is 0 Å². The number of carbonyl (C=O) groups is 1. The average Bonchev–Trinajstić information content (AvgIpc) is 2.07. The van der Waals surface area contributed by atoms with Crippen molar-refractivity contribution in [2.75, 3.05) is 0 Å². The summed E-state index contributed by atoms with van der Waals surface area (Å²) in [6, 6.07) is 1.59. The van der Waals surface area contributed by atoms with Crippen molar-refractivity contribution in [2.24, 2.45) is 0 Å². The highest BCUT2D eigenvalue weighted by molar-refractivity contribution is 9.10. The van der Waals surface area contributed by atoms with Crippen molar-refractivity contribution >= 4 is 33.8 Å². The van der Waals surface area contributed by atoms with Crippen LogP contribution in [0.25, 0.3) is 0 Å². The third kappa shape index (κ3) is 2.33. The van der Waals surface area contributed by atoms with Crippen LogP contribution in [0.1, 0.15) is 5.56 Å². The predicted octanol–water partition coefficient (Wildman–Crippen LogP) is 2.05. The van der Waals surface area contributed by atoms with E-state index in [0.29, 0.717) is 17.0 Å². The van der Waals surface area contributed by atoms with Crippen LogP contribution in [0.5, 0.6) is 0 Å². The molecule has 60 valence electrons. The highest BCUT2D eigenvalue weighted by Gasteiger charge is 1.97. The van der Waals surface area contributed by atoms with Crippen molar-refractivity contribution in [3.63, 3.8) is 0 Å². The Kier molecular flexibility index (Phi) is 3.27. The molecule has 0 aromatic carbocycles. The molecule has 12 heavy (non-hydrogen) atoms. The molecule has 4 heteroatoms. The van der Waals surface area contributed by atoms with Gasteiger partial charge in [0.25, 0.3) is 0 Å². The second kappa shape index (κ2) is 4.24. The summed E-state index contributed by atoms with van der Waals surface area (Å²) in [5.41, 5.74) is 0.655. The van der Waals surface area contributed by atoms with Crippen LogP contribution in [0, 0.1) is 11.8 Å². The van der Waals surface area contributed by atoms with Gasteiger partial charge in [-0.3, -0.25) is 4.79 Å². The minimum Gasteiger partial charge on any atom is -0.289 e. The molecule has 0 unspecified atom stereocenters. The number of rotatable bonds is 0. The van der Waals surface area contributed by atoms with Crippen LogP contribution >= 0.6 is 27.5 Å². The van der Waals surface area contributed by atoms with E-state index in [1.807, 2.05) is 0 Å². The Morgan fingerprint density at radius 1 is 1.67 bits per heavy atom. The van der Waals surface area contributed by atoms with Gasteiger partial charge in [-0.1, -0.05) is 17.5 Å². The maximum atomic E-state index is 9.94. The van der Waals surface area contributed by atoms with E-state index in [1.165, 1.54) is 6.20 Å². The van der Waals surface area contributed by atoms with Crippen LogP contribution in [0.3, 0.4) is 0 Å². The molecular weight excluding hydrogens is 241 g/mol. The third-order valence-corrected chi connectivity index (χ3v) is 1.93. The third-order valence-electron chi connectivity index (χ3n) is 1.09. The summed E-state index contributed by atoms with van der Waals surface area (Å²) in [6.07, 6.45) is 2.07. The first-order valence-corrected chi connectivity index (χ1v) is 4.17. The van der Waals surface area contributed by atoms with Crippen molar-refractivity contribution in [3.8, 4) is 11.8 Å². The number of carbonyl (C=O) groups excluding carboxylic acids is 1. The van der Waals surface area contributed by atoms with Gasteiger partial charge in [-0.25, -0.2) is 4.98 Å². The summed E-state index contributed by atoms with van der Waals surface area (Å²) in [6.45, 7) is 0. The zero-order valence-corrected chi connectivity index (χ0v) is 8.19. The summed E-state index contributed by atoms with van der Waals surface area (Å²) in [5, 5.41) is 0.355. The number of pyridine rings is 1. The van der Waals surface area contributed by atoms with Gasteiger partial charge >= 0.3 is 0 Å². The Morgan fingerprint density at radius 3 is 3.08 bits per heavy atom. The summed E-state index contributed by atoms with van der Waals surface area (Å²) < 4.78 is 0.723. The van der Waals surface area contributed by atoms with E-state index in [0.717, 1.165) is 4.47 Å². The van der Waals surface area contributed by atoms with Crippen LogP contribution in [0.2, 0.25) is 5.15 Å². The number of halogens is 2. The molecule has 1 aromatic heterocycles. The van der Waals surface area contributed by atoms with E-state index < -0.39 is 0 Å². The van der Waals surface area contributed by atoms with E-state index in [2.05, 4.69) is 32.8 Å².